The molecule has 1 rings (SSSR count). The van der Waals surface area contributed by atoms with Crippen molar-refractivity contribution < 1.29 is 9.59 Å². The van der Waals surface area contributed by atoms with E-state index in [0.717, 1.165) is 0 Å². The molecule has 2 atom stereocenters. The van der Waals surface area contributed by atoms with Crippen LogP contribution in [-0.2, 0) is 4.79 Å². The molecule has 1 saturated heterocycles. The van der Waals surface area contributed by atoms with Crippen molar-refractivity contribution >= 4 is 11.9 Å². The molecule has 0 radical (unpaired) electrons. The maximum Gasteiger partial charge on any atom is 0.325 e. The smallest absolute Gasteiger partial charge is 0.325 e. The predicted octanol–water partition coefficient (Wildman–Crippen LogP) is 0.971. The molecule has 0 aromatic carbocycles. The van der Waals surface area contributed by atoms with E-state index in [0.29, 0.717) is 5.92 Å². The van der Waals surface area contributed by atoms with Crippen LogP contribution in [0.3, 0.4) is 0 Å². The van der Waals surface area contributed by atoms with Crippen molar-refractivity contribution in [3.05, 3.63) is 0 Å². The number of nitrogens with one attached hydrogen (secondary N) is 1. The van der Waals surface area contributed by atoms with Gasteiger partial charge in [0.1, 0.15) is 6.04 Å². The summed E-state index contributed by atoms with van der Waals surface area (Å²) in [5.41, 5.74) is 0. The van der Waals surface area contributed by atoms with Crippen molar-refractivity contribution in [1.82, 2.24) is 10.2 Å². The van der Waals surface area contributed by atoms with Crippen molar-refractivity contribution in [3.8, 4) is 0 Å². The quantitative estimate of drug-likeness (QED) is 0.650. The Bertz CT molecular complexity index is 238. The van der Waals surface area contributed by atoms with Crippen LogP contribution in [-0.4, -0.2) is 28.9 Å². The number of nitrogens with zero attached hydrogens (tertiary/aromatic N) is 1. The first-order chi connectivity index (χ1) is 5.95. The Labute approximate surface area is 78.3 Å². The monoisotopic (exact) mass is 184 g/mol. The third kappa shape index (κ3) is 1.66. The molecule has 1 N–H and O–H groups in total. The van der Waals surface area contributed by atoms with Gasteiger partial charge < -0.3 is 5.32 Å². The van der Waals surface area contributed by atoms with E-state index in [1.807, 2.05) is 20.8 Å². The Morgan fingerprint density at radius 1 is 1.31 bits per heavy atom. The van der Waals surface area contributed by atoms with Gasteiger partial charge in [0.05, 0.1) is 0 Å². The van der Waals surface area contributed by atoms with Gasteiger partial charge in [-0.2, -0.15) is 0 Å². The molecular weight excluding hydrogens is 168 g/mol. The number of amides is 3. The summed E-state index contributed by atoms with van der Waals surface area (Å²) in [4.78, 5) is 24.2. The van der Waals surface area contributed by atoms with Crippen LogP contribution in [0.25, 0.3) is 0 Å². The molecule has 0 aromatic heterocycles. The van der Waals surface area contributed by atoms with Crippen LogP contribution in [0, 0.1) is 5.92 Å². The maximum absolute atomic E-state index is 11.5. The Morgan fingerprint density at radius 2 is 1.85 bits per heavy atom. The van der Waals surface area contributed by atoms with E-state index in [1.54, 1.807) is 6.92 Å². The second kappa shape index (κ2) is 3.36. The number of imide groups is 1. The fourth-order valence-corrected chi connectivity index (χ4v) is 1.31. The van der Waals surface area contributed by atoms with Gasteiger partial charge in [-0.1, -0.05) is 13.8 Å². The average Bonchev–Trinajstić information content (AvgIpc) is 2.26. The molecule has 0 spiro atoms. The largest absolute Gasteiger partial charge is 0.326 e. The first-order valence-corrected chi connectivity index (χ1v) is 4.58. The standard InChI is InChI=1S/C9H16N2O2/c1-5(2)7(4)11-8(12)6(3)10-9(11)13/h5-7H,1-4H3,(H,10,13)/t6-,7?/m1/s1. The highest BCUT2D eigenvalue weighted by Gasteiger charge is 2.38. The lowest BCUT2D eigenvalue weighted by Crippen LogP contribution is -2.41. The van der Waals surface area contributed by atoms with Crippen molar-refractivity contribution in [1.29, 1.82) is 0 Å². The molecule has 0 aromatic rings. The van der Waals surface area contributed by atoms with Gasteiger partial charge >= 0.3 is 6.03 Å². The summed E-state index contributed by atoms with van der Waals surface area (Å²) in [5, 5.41) is 2.59. The molecule has 3 amide bonds. The lowest BCUT2D eigenvalue weighted by Gasteiger charge is -2.24. The number of urea groups is 1. The van der Waals surface area contributed by atoms with Gasteiger partial charge in [-0.05, 0) is 19.8 Å². The van der Waals surface area contributed by atoms with Gasteiger partial charge in [-0.25, -0.2) is 4.79 Å². The van der Waals surface area contributed by atoms with Gasteiger partial charge in [-0.15, -0.1) is 0 Å². The molecule has 4 nitrogen and oxygen atoms in total. The molecule has 1 aliphatic rings. The summed E-state index contributed by atoms with van der Waals surface area (Å²) < 4.78 is 0. The zero-order chi connectivity index (χ0) is 10.2. The number of rotatable bonds is 2. The first kappa shape index (κ1) is 10.0. The van der Waals surface area contributed by atoms with Crippen LogP contribution in [0.15, 0.2) is 0 Å². The lowest BCUT2D eigenvalue weighted by molar-refractivity contribution is -0.129. The summed E-state index contributed by atoms with van der Waals surface area (Å²) in [6.07, 6.45) is 0. The fraction of sp³-hybridized carbons (Fsp3) is 0.778. The van der Waals surface area contributed by atoms with E-state index in [-0.39, 0.29) is 24.0 Å². The van der Waals surface area contributed by atoms with E-state index in [4.69, 9.17) is 0 Å². The molecule has 74 valence electrons. The molecule has 1 aliphatic heterocycles. The number of carbonyl (C=O) groups excluding carboxylic acids is 2. The summed E-state index contributed by atoms with van der Waals surface area (Å²) in [6, 6.07) is -0.662. The van der Waals surface area contributed by atoms with E-state index < -0.39 is 0 Å². The topological polar surface area (TPSA) is 49.4 Å². The van der Waals surface area contributed by atoms with Gasteiger partial charge in [0.15, 0.2) is 0 Å². The second-order valence-corrected chi connectivity index (χ2v) is 3.86. The highest BCUT2D eigenvalue weighted by atomic mass is 16.2. The zero-order valence-electron chi connectivity index (χ0n) is 8.50. The summed E-state index contributed by atoms with van der Waals surface area (Å²) >= 11 is 0. The van der Waals surface area contributed by atoms with Crippen molar-refractivity contribution in [3.63, 3.8) is 0 Å². The maximum atomic E-state index is 11.5. The average molecular weight is 184 g/mol. The van der Waals surface area contributed by atoms with Crippen LogP contribution < -0.4 is 5.32 Å². The lowest BCUT2D eigenvalue weighted by atomic mass is 10.1. The Balaban J connectivity index is 2.80. The number of carbonyl (C=O) groups is 2. The molecule has 1 unspecified atom stereocenters. The van der Waals surface area contributed by atoms with Crippen molar-refractivity contribution in [2.24, 2.45) is 5.92 Å². The Hall–Kier alpha value is -1.06. The van der Waals surface area contributed by atoms with E-state index in [9.17, 15) is 9.59 Å². The number of hydrogen-bond acceptors (Lipinski definition) is 2. The van der Waals surface area contributed by atoms with Crippen LogP contribution in [0.4, 0.5) is 4.79 Å². The Morgan fingerprint density at radius 3 is 2.15 bits per heavy atom. The Kier molecular flexibility index (Phi) is 2.59. The molecule has 0 bridgehead atoms. The molecule has 4 heteroatoms. The van der Waals surface area contributed by atoms with Crippen LogP contribution in [0.1, 0.15) is 27.7 Å². The first-order valence-electron chi connectivity index (χ1n) is 4.58. The molecular formula is C9H16N2O2. The fourth-order valence-electron chi connectivity index (χ4n) is 1.31. The summed E-state index contributed by atoms with van der Waals surface area (Å²) in [5.74, 6) is 0.172. The van der Waals surface area contributed by atoms with E-state index in [1.165, 1.54) is 4.90 Å². The minimum Gasteiger partial charge on any atom is -0.326 e. The molecule has 1 heterocycles. The third-order valence-electron chi connectivity index (χ3n) is 2.54. The van der Waals surface area contributed by atoms with Crippen LogP contribution in [0.5, 0.6) is 0 Å². The second-order valence-electron chi connectivity index (χ2n) is 3.86. The molecule has 0 aliphatic carbocycles. The van der Waals surface area contributed by atoms with Crippen molar-refractivity contribution in [2.75, 3.05) is 0 Å². The minimum atomic E-state index is -0.367. The SMILES string of the molecule is CC(C)C(C)N1C(=O)N[C@H](C)C1=O. The molecule has 1 fully saturated rings. The molecule has 13 heavy (non-hydrogen) atoms. The third-order valence-corrected chi connectivity index (χ3v) is 2.54. The normalized spacial score (nSPS) is 25.3. The molecule has 0 saturated carbocycles. The van der Waals surface area contributed by atoms with E-state index >= 15 is 0 Å². The van der Waals surface area contributed by atoms with Crippen LogP contribution in [0.2, 0.25) is 0 Å². The minimum absolute atomic E-state index is 0.0301. The highest BCUT2D eigenvalue weighted by molar-refractivity contribution is 6.04. The van der Waals surface area contributed by atoms with Gasteiger partial charge in [0, 0.05) is 6.04 Å². The summed E-state index contributed by atoms with van der Waals surface area (Å²) in [7, 11) is 0. The highest BCUT2D eigenvalue weighted by Crippen LogP contribution is 2.15. The van der Waals surface area contributed by atoms with Gasteiger partial charge in [0.25, 0.3) is 5.91 Å². The van der Waals surface area contributed by atoms with Gasteiger partial charge in [0.2, 0.25) is 0 Å². The van der Waals surface area contributed by atoms with E-state index in [2.05, 4.69) is 5.32 Å². The van der Waals surface area contributed by atoms with Crippen molar-refractivity contribution in [2.45, 2.75) is 39.8 Å². The number of hydrogen-bond donors (Lipinski definition) is 1. The zero-order valence-corrected chi connectivity index (χ0v) is 8.50. The summed E-state index contributed by atoms with van der Waals surface area (Å²) in [6.45, 7) is 7.58. The van der Waals surface area contributed by atoms with Crippen LogP contribution >= 0.6 is 0 Å². The van der Waals surface area contributed by atoms with Gasteiger partial charge in [-0.3, -0.25) is 9.69 Å². The predicted molar refractivity (Wildman–Crippen MR) is 49.1 cm³/mol.